The zero-order chi connectivity index (χ0) is 12.8. The number of aromatic nitrogens is 1. The Morgan fingerprint density at radius 1 is 1.44 bits per heavy atom. The molecule has 0 aliphatic heterocycles. The Kier molecular flexibility index (Phi) is 4.73. The van der Waals surface area contributed by atoms with Crippen LogP contribution in [-0.2, 0) is 4.74 Å². The van der Waals surface area contributed by atoms with Crippen molar-refractivity contribution in [3.63, 3.8) is 0 Å². The number of ether oxygens (including phenoxy) is 1. The molecule has 2 aromatic rings. The first-order valence-electron chi connectivity index (χ1n) is 6.14. The van der Waals surface area contributed by atoms with Gasteiger partial charge in [0, 0.05) is 35.5 Å². The van der Waals surface area contributed by atoms with Crippen molar-refractivity contribution in [3.8, 4) is 10.6 Å². The second-order valence-corrected chi connectivity index (χ2v) is 5.02. The number of hydrogen-bond donors (Lipinski definition) is 1. The van der Waals surface area contributed by atoms with Crippen LogP contribution < -0.4 is 5.32 Å². The number of anilines is 1. The molecule has 1 unspecified atom stereocenters. The fourth-order valence-corrected chi connectivity index (χ4v) is 2.36. The molecule has 0 bridgehead atoms. The number of benzene rings is 1. The van der Waals surface area contributed by atoms with Crippen LogP contribution in [0.2, 0.25) is 0 Å². The maximum absolute atomic E-state index is 5.40. The topological polar surface area (TPSA) is 34.1 Å². The summed E-state index contributed by atoms with van der Waals surface area (Å²) in [5.41, 5.74) is 2.26. The minimum atomic E-state index is 0.302. The Morgan fingerprint density at radius 3 is 3.06 bits per heavy atom. The summed E-state index contributed by atoms with van der Waals surface area (Å²) < 4.78 is 5.40. The van der Waals surface area contributed by atoms with E-state index in [2.05, 4.69) is 35.4 Å². The van der Waals surface area contributed by atoms with Crippen molar-refractivity contribution in [1.29, 1.82) is 0 Å². The van der Waals surface area contributed by atoms with Gasteiger partial charge in [0.1, 0.15) is 5.01 Å². The van der Waals surface area contributed by atoms with Crippen LogP contribution in [0.25, 0.3) is 10.6 Å². The molecule has 1 aromatic heterocycles. The monoisotopic (exact) mass is 262 g/mol. The minimum absolute atomic E-state index is 0.302. The van der Waals surface area contributed by atoms with Gasteiger partial charge in [-0.1, -0.05) is 12.1 Å². The van der Waals surface area contributed by atoms with E-state index in [0.717, 1.165) is 29.5 Å². The molecule has 4 heteroatoms. The minimum Gasteiger partial charge on any atom is -0.380 e. The van der Waals surface area contributed by atoms with Gasteiger partial charge in [-0.05, 0) is 26.0 Å². The molecule has 0 amide bonds. The fourth-order valence-electron chi connectivity index (χ4n) is 1.73. The second kappa shape index (κ2) is 6.52. The van der Waals surface area contributed by atoms with Gasteiger partial charge in [-0.25, -0.2) is 4.98 Å². The molecule has 0 spiro atoms. The molecule has 1 N–H and O–H groups in total. The van der Waals surface area contributed by atoms with Gasteiger partial charge < -0.3 is 10.1 Å². The van der Waals surface area contributed by atoms with Crippen LogP contribution in [0.4, 0.5) is 5.69 Å². The summed E-state index contributed by atoms with van der Waals surface area (Å²) >= 11 is 1.65. The smallest absolute Gasteiger partial charge is 0.123 e. The number of nitrogens with zero attached hydrogens (tertiary/aromatic N) is 1. The molecular formula is C14H18N2OS. The molecule has 96 valence electrons. The standard InChI is InChI=1S/C14H18N2OS/c1-3-17-10-11(2)16-13-6-4-5-12(9-13)14-15-7-8-18-14/h4-9,11,16H,3,10H2,1-2H3. The van der Waals surface area contributed by atoms with Gasteiger partial charge in [0.2, 0.25) is 0 Å². The van der Waals surface area contributed by atoms with Gasteiger partial charge in [0.05, 0.1) is 6.61 Å². The summed E-state index contributed by atoms with van der Waals surface area (Å²) in [6.07, 6.45) is 1.83. The highest BCUT2D eigenvalue weighted by Gasteiger charge is 2.04. The Bertz CT molecular complexity index is 470. The molecule has 18 heavy (non-hydrogen) atoms. The van der Waals surface area contributed by atoms with Crippen molar-refractivity contribution in [2.75, 3.05) is 18.5 Å². The summed E-state index contributed by atoms with van der Waals surface area (Å²) in [5.74, 6) is 0. The average Bonchev–Trinajstić information content (AvgIpc) is 2.90. The molecule has 0 aliphatic carbocycles. The zero-order valence-electron chi connectivity index (χ0n) is 10.7. The van der Waals surface area contributed by atoms with E-state index >= 15 is 0 Å². The van der Waals surface area contributed by atoms with Gasteiger partial charge in [0.15, 0.2) is 0 Å². The predicted molar refractivity (Wildman–Crippen MR) is 77.1 cm³/mol. The lowest BCUT2D eigenvalue weighted by molar-refractivity contribution is 0.141. The number of hydrogen-bond acceptors (Lipinski definition) is 4. The normalized spacial score (nSPS) is 12.3. The maximum Gasteiger partial charge on any atom is 0.123 e. The lowest BCUT2D eigenvalue weighted by Gasteiger charge is -2.15. The third-order valence-corrected chi connectivity index (χ3v) is 3.35. The van der Waals surface area contributed by atoms with E-state index in [4.69, 9.17) is 4.74 Å². The third-order valence-electron chi connectivity index (χ3n) is 2.53. The fraction of sp³-hybridized carbons (Fsp3) is 0.357. The SMILES string of the molecule is CCOCC(C)Nc1cccc(-c2nccs2)c1. The first kappa shape index (κ1) is 13.1. The molecule has 2 rings (SSSR count). The molecule has 3 nitrogen and oxygen atoms in total. The quantitative estimate of drug-likeness (QED) is 0.863. The first-order chi connectivity index (χ1) is 8.79. The van der Waals surface area contributed by atoms with Crippen molar-refractivity contribution < 1.29 is 4.74 Å². The van der Waals surface area contributed by atoms with E-state index in [0.29, 0.717) is 6.04 Å². The van der Waals surface area contributed by atoms with Gasteiger partial charge in [-0.2, -0.15) is 0 Å². The highest BCUT2D eigenvalue weighted by Crippen LogP contribution is 2.24. The summed E-state index contributed by atoms with van der Waals surface area (Å²) in [7, 11) is 0. The summed E-state index contributed by atoms with van der Waals surface area (Å²) in [6.45, 7) is 5.60. The van der Waals surface area contributed by atoms with E-state index in [1.807, 2.05) is 24.6 Å². The van der Waals surface area contributed by atoms with Crippen molar-refractivity contribution in [3.05, 3.63) is 35.8 Å². The van der Waals surface area contributed by atoms with E-state index in [1.54, 1.807) is 11.3 Å². The number of thiazole rings is 1. The summed E-state index contributed by atoms with van der Waals surface area (Å²) in [5, 5.41) is 6.48. The van der Waals surface area contributed by atoms with Gasteiger partial charge in [-0.15, -0.1) is 11.3 Å². The average molecular weight is 262 g/mol. The van der Waals surface area contributed by atoms with Crippen molar-refractivity contribution in [1.82, 2.24) is 4.98 Å². The Hall–Kier alpha value is -1.39. The molecule has 1 heterocycles. The summed E-state index contributed by atoms with van der Waals surface area (Å²) in [4.78, 5) is 4.32. The van der Waals surface area contributed by atoms with E-state index < -0.39 is 0 Å². The van der Waals surface area contributed by atoms with Crippen molar-refractivity contribution >= 4 is 17.0 Å². The van der Waals surface area contributed by atoms with E-state index in [-0.39, 0.29) is 0 Å². The van der Waals surface area contributed by atoms with E-state index in [9.17, 15) is 0 Å². The third kappa shape index (κ3) is 3.55. The van der Waals surface area contributed by atoms with Crippen LogP contribution in [0.1, 0.15) is 13.8 Å². The molecule has 0 saturated carbocycles. The number of nitrogens with one attached hydrogen (secondary N) is 1. The molecule has 0 fully saturated rings. The zero-order valence-corrected chi connectivity index (χ0v) is 11.5. The van der Waals surface area contributed by atoms with Crippen LogP contribution in [0.15, 0.2) is 35.8 Å². The first-order valence-corrected chi connectivity index (χ1v) is 7.01. The molecule has 0 aliphatic rings. The van der Waals surface area contributed by atoms with Crippen LogP contribution in [0, 0.1) is 0 Å². The molecule has 1 aromatic carbocycles. The highest BCUT2D eigenvalue weighted by atomic mass is 32.1. The Labute approximate surface area is 112 Å². The van der Waals surface area contributed by atoms with Crippen LogP contribution in [-0.4, -0.2) is 24.2 Å². The Balaban J connectivity index is 2.03. The molecule has 1 atom stereocenters. The summed E-state index contributed by atoms with van der Waals surface area (Å²) in [6, 6.07) is 8.63. The lowest BCUT2D eigenvalue weighted by Crippen LogP contribution is -2.21. The molecule has 0 radical (unpaired) electrons. The maximum atomic E-state index is 5.40. The van der Waals surface area contributed by atoms with Crippen molar-refractivity contribution in [2.24, 2.45) is 0 Å². The lowest BCUT2D eigenvalue weighted by atomic mass is 10.2. The van der Waals surface area contributed by atoms with Gasteiger partial charge >= 0.3 is 0 Å². The van der Waals surface area contributed by atoms with Crippen LogP contribution >= 0.6 is 11.3 Å². The molecular weight excluding hydrogens is 244 g/mol. The van der Waals surface area contributed by atoms with E-state index in [1.165, 1.54) is 0 Å². The van der Waals surface area contributed by atoms with Crippen molar-refractivity contribution in [2.45, 2.75) is 19.9 Å². The number of rotatable bonds is 6. The Morgan fingerprint density at radius 2 is 2.33 bits per heavy atom. The predicted octanol–water partition coefficient (Wildman–Crippen LogP) is 3.65. The second-order valence-electron chi connectivity index (χ2n) is 4.12. The molecule has 0 saturated heterocycles. The van der Waals surface area contributed by atoms with Gasteiger partial charge in [-0.3, -0.25) is 0 Å². The van der Waals surface area contributed by atoms with Crippen LogP contribution in [0.3, 0.4) is 0 Å². The van der Waals surface area contributed by atoms with Gasteiger partial charge in [0.25, 0.3) is 0 Å². The van der Waals surface area contributed by atoms with Crippen LogP contribution in [0.5, 0.6) is 0 Å². The largest absolute Gasteiger partial charge is 0.380 e. The highest BCUT2D eigenvalue weighted by molar-refractivity contribution is 7.13.